The summed E-state index contributed by atoms with van der Waals surface area (Å²) in [6.45, 7) is 3.65. The minimum absolute atomic E-state index is 0.0554. The van der Waals surface area contributed by atoms with Crippen molar-refractivity contribution in [2.24, 2.45) is 7.05 Å². The van der Waals surface area contributed by atoms with E-state index < -0.39 is 17.2 Å². The number of nitrogens with one attached hydrogen (secondary N) is 1. The molecule has 0 fully saturated rings. The highest BCUT2D eigenvalue weighted by Crippen LogP contribution is 2.21. The number of benzene rings is 1. The Balaban J connectivity index is 1.79. The largest absolute Gasteiger partial charge is 0.347 e. The summed E-state index contributed by atoms with van der Waals surface area (Å²) in [5.74, 6) is -1.30. The first-order chi connectivity index (χ1) is 12.2. The molecule has 1 N–H and O–H groups in total. The molecule has 1 aromatic carbocycles. The quantitative estimate of drug-likeness (QED) is 0.738. The van der Waals surface area contributed by atoms with Crippen LogP contribution >= 0.6 is 11.6 Å². The molecular weight excluding hydrogens is 360 g/mol. The van der Waals surface area contributed by atoms with Crippen molar-refractivity contribution in [3.05, 3.63) is 64.4 Å². The van der Waals surface area contributed by atoms with Gasteiger partial charge in [-0.15, -0.1) is 0 Å². The number of hydrogen-bond donors (Lipinski definition) is 1. The highest BCUT2D eigenvalue weighted by Gasteiger charge is 2.23. The molecule has 1 amide bonds. The van der Waals surface area contributed by atoms with E-state index in [4.69, 9.17) is 11.6 Å². The zero-order valence-electron chi connectivity index (χ0n) is 14.6. The maximum Gasteiger partial charge on any atom is 0.253 e. The first kappa shape index (κ1) is 18.3. The average molecular weight is 378 g/mol. The Morgan fingerprint density at radius 3 is 2.69 bits per heavy atom. The normalized spacial score (nSPS) is 11.8. The van der Waals surface area contributed by atoms with E-state index in [9.17, 15) is 13.6 Å². The van der Waals surface area contributed by atoms with Crippen molar-refractivity contribution in [3.63, 3.8) is 0 Å². The van der Waals surface area contributed by atoms with Crippen LogP contribution < -0.4 is 5.32 Å². The lowest BCUT2D eigenvalue weighted by Gasteiger charge is -2.26. The van der Waals surface area contributed by atoms with Crippen LogP contribution in [-0.4, -0.2) is 21.0 Å². The molecule has 0 radical (unpaired) electrons. The second-order valence-electron chi connectivity index (χ2n) is 6.95. The van der Waals surface area contributed by atoms with Crippen LogP contribution in [0.2, 0.25) is 5.02 Å². The topological polar surface area (TPSA) is 46.9 Å². The third kappa shape index (κ3) is 3.70. The summed E-state index contributed by atoms with van der Waals surface area (Å²) in [5, 5.41) is 3.23. The van der Waals surface area contributed by atoms with Crippen LogP contribution in [0.4, 0.5) is 8.78 Å². The molecule has 26 heavy (non-hydrogen) atoms. The molecule has 0 aliphatic rings. The first-order valence-electron chi connectivity index (χ1n) is 8.03. The molecule has 7 heteroatoms. The SMILES string of the molecule is Cn1cc(F)c2cc(C(=O)NC(C)(C)Cc3ccc(Cl)c(F)c3)cnc21. The summed E-state index contributed by atoms with van der Waals surface area (Å²) >= 11 is 5.69. The summed E-state index contributed by atoms with van der Waals surface area (Å²) < 4.78 is 29.1. The third-order valence-electron chi connectivity index (χ3n) is 4.11. The van der Waals surface area contributed by atoms with Gasteiger partial charge < -0.3 is 9.88 Å². The molecule has 0 bridgehead atoms. The molecular formula is C19H18ClF2N3O. The maximum atomic E-state index is 13.9. The van der Waals surface area contributed by atoms with Crippen molar-refractivity contribution >= 4 is 28.5 Å². The molecule has 0 spiro atoms. The number of hydrogen-bond acceptors (Lipinski definition) is 2. The van der Waals surface area contributed by atoms with Crippen molar-refractivity contribution in [1.29, 1.82) is 0 Å². The van der Waals surface area contributed by atoms with Gasteiger partial charge in [0.05, 0.1) is 16.0 Å². The predicted octanol–water partition coefficient (Wildman–Crippen LogP) is 4.26. The Hall–Kier alpha value is -2.47. The summed E-state index contributed by atoms with van der Waals surface area (Å²) in [6, 6.07) is 6.03. The van der Waals surface area contributed by atoms with E-state index in [0.29, 0.717) is 17.6 Å². The van der Waals surface area contributed by atoms with Gasteiger partial charge >= 0.3 is 0 Å². The number of halogens is 3. The number of amides is 1. The predicted molar refractivity (Wildman–Crippen MR) is 97.3 cm³/mol. The Bertz CT molecular complexity index is 998. The molecule has 0 aliphatic heterocycles. The van der Waals surface area contributed by atoms with Crippen molar-refractivity contribution in [2.75, 3.05) is 0 Å². The van der Waals surface area contributed by atoms with Gasteiger partial charge in [-0.2, -0.15) is 0 Å². The number of aromatic nitrogens is 2. The van der Waals surface area contributed by atoms with Gasteiger partial charge in [-0.25, -0.2) is 13.8 Å². The van der Waals surface area contributed by atoms with Gasteiger partial charge in [-0.1, -0.05) is 17.7 Å². The van der Waals surface area contributed by atoms with Crippen molar-refractivity contribution in [3.8, 4) is 0 Å². The van der Waals surface area contributed by atoms with E-state index in [1.54, 1.807) is 17.7 Å². The van der Waals surface area contributed by atoms with Crippen LogP contribution in [-0.2, 0) is 13.5 Å². The molecule has 0 saturated heterocycles. The summed E-state index contributed by atoms with van der Waals surface area (Å²) in [4.78, 5) is 16.7. The summed E-state index contributed by atoms with van der Waals surface area (Å²) in [6.07, 6.45) is 3.13. The zero-order valence-corrected chi connectivity index (χ0v) is 15.4. The van der Waals surface area contributed by atoms with Crippen molar-refractivity contribution < 1.29 is 13.6 Å². The van der Waals surface area contributed by atoms with E-state index in [0.717, 1.165) is 0 Å². The molecule has 3 aromatic rings. The second kappa shape index (κ2) is 6.68. The van der Waals surface area contributed by atoms with Crippen LogP contribution in [0.15, 0.2) is 36.7 Å². The summed E-state index contributed by atoms with van der Waals surface area (Å²) in [7, 11) is 1.69. The fraction of sp³-hybridized carbons (Fsp3) is 0.263. The van der Waals surface area contributed by atoms with Crippen molar-refractivity contribution in [1.82, 2.24) is 14.9 Å². The minimum Gasteiger partial charge on any atom is -0.347 e. The lowest BCUT2D eigenvalue weighted by molar-refractivity contribution is 0.0913. The van der Waals surface area contributed by atoms with E-state index in [1.807, 2.05) is 13.8 Å². The molecule has 2 heterocycles. The van der Waals surface area contributed by atoms with Crippen LogP contribution in [0.5, 0.6) is 0 Å². The van der Waals surface area contributed by atoms with Crippen molar-refractivity contribution in [2.45, 2.75) is 25.8 Å². The third-order valence-corrected chi connectivity index (χ3v) is 4.42. The van der Waals surface area contributed by atoms with Gasteiger partial charge in [-0.3, -0.25) is 4.79 Å². The number of fused-ring (bicyclic) bond motifs is 1. The molecule has 2 aromatic heterocycles. The molecule has 3 rings (SSSR count). The molecule has 4 nitrogen and oxygen atoms in total. The van der Waals surface area contributed by atoms with Gasteiger partial charge in [0.15, 0.2) is 0 Å². The lowest BCUT2D eigenvalue weighted by Crippen LogP contribution is -2.45. The number of pyridine rings is 1. The Kier molecular flexibility index (Phi) is 4.71. The fourth-order valence-electron chi connectivity index (χ4n) is 2.92. The van der Waals surface area contributed by atoms with Crippen LogP contribution in [0.25, 0.3) is 11.0 Å². The monoisotopic (exact) mass is 377 g/mol. The molecule has 0 unspecified atom stereocenters. The van der Waals surface area contributed by atoms with Gasteiger partial charge in [0.1, 0.15) is 17.3 Å². The number of carbonyl (C=O) groups excluding carboxylic acids is 1. The number of nitrogens with zero attached hydrogens (tertiary/aromatic N) is 2. The van der Waals surface area contributed by atoms with Gasteiger partial charge in [0.2, 0.25) is 0 Å². The van der Waals surface area contributed by atoms with Gasteiger partial charge in [0, 0.05) is 25.0 Å². The fourth-order valence-corrected chi connectivity index (χ4v) is 3.04. The Morgan fingerprint density at radius 2 is 2.00 bits per heavy atom. The highest BCUT2D eigenvalue weighted by atomic mass is 35.5. The van der Waals surface area contributed by atoms with Crippen LogP contribution in [0, 0.1) is 11.6 Å². The average Bonchev–Trinajstić information content (AvgIpc) is 2.84. The first-order valence-corrected chi connectivity index (χ1v) is 8.41. The number of carbonyl (C=O) groups is 1. The van der Waals surface area contributed by atoms with Gasteiger partial charge in [-0.05, 0) is 44.0 Å². The zero-order chi connectivity index (χ0) is 19.1. The molecule has 0 aliphatic carbocycles. The maximum absolute atomic E-state index is 13.9. The smallest absolute Gasteiger partial charge is 0.253 e. The van der Waals surface area contributed by atoms with E-state index >= 15 is 0 Å². The standard InChI is InChI=1S/C19H18ClF2N3O/c1-19(2,8-11-4-5-14(20)15(21)6-11)24-18(26)12-7-13-16(22)10-25(3)17(13)23-9-12/h4-7,9-10H,8H2,1-3H3,(H,24,26). The van der Waals surface area contributed by atoms with Crippen LogP contribution in [0.1, 0.15) is 29.8 Å². The van der Waals surface area contributed by atoms with E-state index in [1.165, 1.54) is 30.6 Å². The molecule has 0 saturated carbocycles. The van der Waals surface area contributed by atoms with E-state index in [-0.39, 0.29) is 21.9 Å². The van der Waals surface area contributed by atoms with Crippen LogP contribution in [0.3, 0.4) is 0 Å². The number of rotatable bonds is 4. The Labute approximate surface area is 154 Å². The van der Waals surface area contributed by atoms with E-state index in [2.05, 4.69) is 10.3 Å². The van der Waals surface area contributed by atoms with Gasteiger partial charge in [0.25, 0.3) is 5.91 Å². The second-order valence-corrected chi connectivity index (χ2v) is 7.35. The number of aryl methyl sites for hydroxylation is 1. The molecule has 0 atom stereocenters. The lowest BCUT2D eigenvalue weighted by atomic mass is 9.94. The Morgan fingerprint density at radius 1 is 1.27 bits per heavy atom. The highest BCUT2D eigenvalue weighted by molar-refractivity contribution is 6.30. The summed E-state index contributed by atoms with van der Waals surface area (Å²) in [5.41, 5.74) is 0.787. The minimum atomic E-state index is -0.651. The molecule has 136 valence electrons.